The molecule has 1 aliphatic heterocycles. The second-order valence-electron chi connectivity index (χ2n) is 4.77. The van der Waals surface area contributed by atoms with E-state index in [1.54, 1.807) is 22.5 Å². The lowest BCUT2D eigenvalue weighted by Gasteiger charge is -2.34. The molecular weight excluding hydrogens is 364 g/mol. The van der Waals surface area contributed by atoms with Gasteiger partial charge in [-0.05, 0) is 53.9 Å². The Labute approximate surface area is 135 Å². The first kappa shape index (κ1) is 17.9. The quantitative estimate of drug-likeness (QED) is 0.869. The molecule has 0 spiro atoms. The number of benzene rings is 1. The summed E-state index contributed by atoms with van der Waals surface area (Å²) in [4.78, 5) is 0.346. The second kappa shape index (κ2) is 7.75. The van der Waals surface area contributed by atoms with E-state index in [0.29, 0.717) is 22.5 Å². The van der Waals surface area contributed by atoms with E-state index in [2.05, 4.69) is 15.9 Å². The molecule has 0 amide bonds. The summed E-state index contributed by atoms with van der Waals surface area (Å²) < 4.78 is 27.7. The molecule has 1 unspecified atom stereocenters. The van der Waals surface area contributed by atoms with Crippen LogP contribution in [0.4, 0.5) is 0 Å². The Morgan fingerprint density at radius 2 is 2.00 bits per heavy atom. The molecule has 114 valence electrons. The van der Waals surface area contributed by atoms with Crippen molar-refractivity contribution >= 4 is 38.4 Å². The summed E-state index contributed by atoms with van der Waals surface area (Å²) in [6.07, 6.45) is 3.63. The van der Waals surface area contributed by atoms with E-state index in [0.717, 1.165) is 25.7 Å². The van der Waals surface area contributed by atoms with Crippen LogP contribution in [0.3, 0.4) is 0 Å². The second-order valence-corrected chi connectivity index (χ2v) is 7.49. The van der Waals surface area contributed by atoms with Crippen molar-refractivity contribution in [3.8, 4) is 0 Å². The molecule has 2 rings (SSSR count). The summed E-state index contributed by atoms with van der Waals surface area (Å²) in [5.41, 5.74) is 5.60. The highest BCUT2D eigenvalue weighted by atomic mass is 79.9. The number of nitrogens with zero attached hydrogens (tertiary/aromatic N) is 1. The molecule has 7 heteroatoms. The lowest BCUT2D eigenvalue weighted by molar-refractivity contribution is 0.243. The van der Waals surface area contributed by atoms with Gasteiger partial charge in [0, 0.05) is 17.1 Å². The van der Waals surface area contributed by atoms with E-state index in [9.17, 15) is 8.42 Å². The zero-order chi connectivity index (χ0) is 13.9. The van der Waals surface area contributed by atoms with Crippen LogP contribution < -0.4 is 5.73 Å². The van der Waals surface area contributed by atoms with Gasteiger partial charge in [0.2, 0.25) is 10.0 Å². The van der Waals surface area contributed by atoms with E-state index >= 15 is 0 Å². The maximum absolute atomic E-state index is 12.7. The third kappa shape index (κ3) is 3.74. The molecule has 2 N–H and O–H groups in total. The average molecular weight is 384 g/mol. The summed E-state index contributed by atoms with van der Waals surface area (Å²) in [5.74, 6) is 0. The van der Waals surface area contributed by atoms with Crippen molar-refractivity contribution in [3.05, 3.63) is 28.7 Å². The van der Waals surface area contributed by atoms with Gasteiger partial charge < -0.3 is 5.73 Å². The Hall–Kier alpha value is -0.140. The van der Waals surface area contributed by atoms with Gasteiger partial charge in [-0.2, -0.15) is 4.31 Å². The molecule has 1 aromatic rings. The van der Waals surface area contributed by atoms with Crippen molar-refractivity contribution in [1.29, 1.82) is 0 Å². The molecule has 0 aliphatic carbocycles. The first-order valence-electron chi connectivity index (χ1n) is 6.54. The van der Waals surface area contributed by atoms with Crippen LogP contribution >= 0.6 is 28.3 Å². The standard InChI is InChI=1S/C13H19BrN2O2S.ClH/c14-12-6-1-2-7-13(12)19(17,18)16-10-4-3-5-11(16)8-9-15;/h1-2,6-7,11H,3-5,8-10,15H2;1H. The minimum atomic E-state index is -3.43. The van der Waals surface area contributed by atoms with Gasteiger partial charge in [0.05, 0.1) is 4.90 Å². The van der Waals surface area contributed by atoms with Gasteiger partial charge in [0.1, 0.15) is 0 Å². The zero-order valence-electron chi connectivity index (χ0n) is 11.2. The molecular formula is C13H20BrClN2O2S. The van der Waals surface area contributed by atoms with Crippen LogP contribution in [0.5, 0.6) is 0 Å². The van der Waals surface area contributed by atoms with Gasteiger partial charge in [-0.3, -0.25) is 0 Å². The summed E-state index contributed by atoms with van der Waals surface area (Å²) in [7, 11) is -3.43. The summed E-state index contributed by atoms with van der Waals surface area (Å²) >= 11 is 3.33. The SMILES string of the molecule is Cl.NCCC1CCCCN1S(=O)(=O)c1ccccc1Br. The van der Waals surface area contributed by atoms with Crippen LogP contribution in [0.25, 0.3) is 0 Å². The highest BCUT2D eigenvalue weighted by molar-refractivity contribution is 9.10. The van der Waals surface area contributed by atoms with Crippen LogP contribution in [0, 0.1) is 0 Å². The molecule has 4 nitrogen and oxygen atoms in total. The molecule has 0 bridgehead atoms. The van der Waals surface area contributed by atoms with Gasteiger partial charge in [0.15, 0.2) is 0 Å². The molecule has 20 heavy (non-hydrogen) atoms. The molecule has 1 atom stereocenters. The zero-order valence-corrected chi connectivity index (χ0v) is 14.4. The number of hydrogen-bond donors (Lipinski definition) is 1. The van der Waals surface area contributed by atoms with Gasteiger partial charge in [-0.25, -0.2) is 8.42 Å². The smallest absolute Gasteiger partial charge is 0.244 e. The molecule has 1 aromatic carbocycles. The molecule has 0 radical (unpaired) electrons. The monoisotopic (exact) mass is 382 g/mol. The minimum Gasteiger partial charge on any atom is -0.330 e. The molecule has 1 aliphatic rings. The molecule has 0 aromatic heterocycles. The lowest BCUT2D eigenvalue weighted by atomic mass is 10.0. The molecule has 0 saturated carbocycles. The third-order valence-electron chi connectivity index (χ3n) is 3.50. The van der Waals surface area contributed by atoms with Crippen LogP contribution in [0.15, 0.2) is 33.6 Å². The Morgan fingerprint density at radius 1 is 1.30 bits per heavy atom. The number of hydrogen-bond acceptors (Lipinski definition) is 3. The Balaban J connectivity index is 0.00000200. The Kier molecular flexibility index (Phi) is 6.94. The van der Waals surface area contributed by atoms with Crippen molar-refractivity contribution in [3.63, 3.8) is 0 Å². The normalized spacial score (nSPS) is 20.4. The van der Waals surface area contributed by atoms with Crippen LogP contribution in [0.1, 0.15) is 25.7 Å². The van der Waals surface area contributed by atoms with E-state index in [-0.39, 0.29) is 18.4 Å². The fraction of sp³-hybridized carbons (Fsp3) is 0.538. The number of sulfonamides is 1. The molecule has 1 heterocycles. The van der Waals surface area contributed by atoms with Gasteiger partial charge in [-0.15, -0.1) is 12.4 Å². The summed E-state index contributed by atoms with van der Waals surface area (Å²) in [6, 6.07) is 7.01. The first-order chi connectivity index (χ1) is 9.07. The summed E-state index contributed by atoms with van der Waals surface area (Å²) in [5, 5.41) is 0. The highest BCUT2D eigenvalue weighted by Gasteiger charge is 2.33. The van der Waals surface area contributed by atoms with E-state index < -0.39 is 10.0 Å². The van der Waals surface area contributed by atoms with Crippen molar-refractivity contribution in [2.75, 3.05) is 13.1 Å². The van der Waals surface area contributed by atoms with Crippen molar-refractivity contribution < 1.29 is 8.42 Å². The van der Waals surface area contributed by atoms with Gasteiger partial charge >= 0.3 is 0 Å². The van der Waals surface area contributed by atoms with E-state index in [4.69, 9.17) is 5.73 Å². The topological polar surface area (TPSA) is 63.4 Å². The van der Waals surface area contributed by atoms with Crippen molar-refractivity contribution in [2.24, 2.45) is 5.73 Å². The average Bonchev–Trinajstić information content (AvgIpc) is 2.40. The minimum absolute atomic E-state index is 0. The van der Waals surface area contributed by atoms with E-state index in [1.807, 2.05) is 6.07 Å². The predicted molar refractivity (Wildman–Crippen MR) is 86.6 cm³/mol. The lowest BCUT2D eigenvalue weighted by Crippen LogP contribution is -2.44. The number of halogens is 2. The van der Waals surface area contributed by atoms with Crippen LogP contribution in [0.2, 0.25) is 0 Å². The third-order valence-corrected chi connectivity index (χ3v) is 6.46. The summed E-state index contributed by atoms with van der Waals surface area (Å²) in [6.45, 7) is 1.11. The van der Waals surface area contributed by atoms with Gasteiger partial charge in [-0.1, -0.05) is 18.6 Å². The van der Waals surface area contributed by atoms with Crippen molar-refractivity contribution in [2.45, 2.75) is 36.6 Å². The first-order valence-corrected chi connectivity index (χ1v) is 8.77. The maximum atomic E-state index is 12.7. The number of rotatable bonds is 4. The Morgan fingerprint density at radius 3 is 2.65 bits per heavy atom. The fourth-order valence-corrected chi connectivity index (χ4v) is 5.24. The highest BCUT2D eigenvalue weighted by Crippen LogP contribution is 2.30. The Bertz CT molecular complexity index is 537. The fourth-order valence-electron chi connectivity index (χ4n) is 2.55. The number of nitrogens with two attached hydrogens (primary N) is 1. The maximum Gasteiger partial charge on any atom is 0.244 e. The van der Waals surface area contributed by atoms with Crippen molar-refractivity contribution in [1.82, 2.24) is 4.31 Å². The molecule has 1 fully saturated rings. The predicted octanol–water partition coefficient (Wildman–Crippen LogP) is 2.76. The largest absolute Gasteiger partial charge is 0.330 e. The molecule has 1 saturated heterocycles. The van der Waals surface area contributed by atoms with Crippen LogP contribution in [-0.4, -0.2) is 31.9 Å². The van der Waals surface area contributed by atoms with E-state index in [1.165, 1.54) is 0 Å². The van der Waals surface area contributed by atoms with Gasteiger partial charge in [0.25, 0.3) is 0 Å². The number of piperidine rings is 1. The van der Waals surface area contributed by atoms with Crippen LogP contribution in [-0.2, 0) is 10.0 Å².